The van der Waals surface area contributed by atoms with Crippen molar-refractivity contribution in [2.75, 3.05) is 0 Å². The van der Waals surface area contributed by atoms with Crippen LogP contribution in [-0.4, -0.2) is 16.5 Å². The van der Waals surface area contributed by atoms with Crippen LogP contribution in [-0.2, 0) is 4.79 Å². The van der Waals surface area contributed by atoms with Crippen molar-refractivity contribution in [2.24, 2.45) is 5.73 Å². The molecule has 1 unspecified atom stereocenters. The maximum Gasteiger partial charge on any atom is 0.238 e. The lowest BCUT2D eigenvalue weighted by Crippen LogP contribution is -2.44. The fraction of sp³-hybridized carbons (Fsp3) is 0.417. The van der Waals surface area contributed by atoms with E-state index in [2.05, 4.69) is 0 Å². The van der Waals surface area contributed by atoms with Crippen molar-refractivity contribution >= 4 is 5.91 Å². The molecule has 0 radical (unpaired) electrons. The van der Waals surface area contributed by atoms with E-state index in [0.717, 1.165) is 0 Å². The number of nitrogens with two attached hydrogens (primary N) is 1. The standard InChI is InChI=1S/C12H17N2O2/c1-12(2,3)14(16)10(11(13)15)9-7-5-4-6-8-9/h4-8,10H,1-3H3,(H2,13,15)/q-1/i1D3,2D3,3D3,11+1. The van der Waals surface area contributed by atoms with Gasteiger partial charge in [-0.15, -0.1) is 0 Å². The van der Waals surface area contributed by atoms with Crippen molar-refractivity contribution in [2.45, 2.75) is 32.1 Å². The Hall–Kier alpha value is -1.39. The Morgan fingerprint density at radius 1 is 1.44 bits per heavy atom. The summed E-state index contributed by atoms with van der Waals surface area (Å²) in [6.45, 7) is -11.3. The number of benzene rings is 1. The van der Waals surface area contributed by atoms with Gasteiger partial charge in [-0.25, -0.2) is 0 Å². The molecule has 1 aromatic carbocycles. The highest BCUT2D eigenvalue weighted by Crippen LogP contribution is 2.26. The van der Waals surface area contributed by atoms with Gasteiger partial charge < -0.3 is 16.0 Å². The molecule has 0 heterocycles. The third-order valence-corrected chi connectivity index (χ3v) is 1.95. The van der Waals surface area contributed by atoms with Gasteiger partial charge in [-0.1, -0.05) is 30.3 Å². The van der Waals surface area contributed by atoms with Gasteiger partial charge in [0.05, 0.1) is 0 Å². The minimum atomic E-state index is -3.84. The quantitative estimate of drug-likeness (QED) is 0.637. The van der Waals surface area contributed by atoms with E-state index in [1.54, 1.807) is 0 Å². The third-order valence-electron chi connectivity index (χ3n) is 1.95. The highest BCUT2D eigenvalue weighted by molar-refractivity contribution is 5.81. The third kappa shape index (κ3) is 2.81. The lowest BCUT2D eigenvalue weighted by atomic mass is 10.0. The number of carbonyl (C=O) groups is 1. The molecule has 0 fully saturated rings. The number of primary amides is 1. The van der Waals surface area contributed by atoms with Gasteiger partial charge in [0.1, 0.15) is 6.04 Å². The summed E-state index contributed by atoms with van der Waals surface area (Å²) in [4.78, 5) is 11.8. The number of carbonyl (C=O) groups excluding carboxylic acids is 1. The Bertz CT molecular complexity index is 574. The molecule has 0 spiro atoms. The van der Waals surface area contributed by atoms with Gasteiger partial charge in [0.25, 0.3) is 0 Å². The highest BCUT2D eigenvalue weighted by Gasteiger charge is 2.26. The van der Waals surface area contributed by atoms with Gasteiger partial charge in [-0.05, 0) is 26.1 Å². The van der Waals surface area contributed by atoms with Gasteiger partial charge in [-0.3, -0.25) is 4.79 Å². The number of nitrogens with zero attached hydrogens (tertiary/aromatic N) is 1. The Kier molecular flexibility index (Phi) is 1.41. The molecular weight excluding hydrogens is 205 g/mol. The second kappa shape index (κ2) is 4.63. The number of amides is 1. The molecule has 1 amide bonds. The first kappa shape index (κ1) is 4.85. The summed E-state index contributed by atoms with van der Waals surface area (Å²) in [5, 5.41) is 12.2. The van der Waals surface area contributed by atoms with Crippen molar-refractivity contribution in [1.82, 2.24) is 5.06 Å². The number of hydroxylamine groups is 2. The predicted octanol–water partition coefficient (Wildman–Crippen LogP) is 1.81. The fourth-order valence-corrected chi connectivity index (χ4v) is 1.24. The van der Waals surface area contributed by atoms with Crippen LogP contribution in [0.25, 0.3) is 0 Å². The zero-order valence-electron chi connectivity index (χ0n) is 17.3. The molecule has 16 heavy (non-hydrogen) atoms. The maximum atomic E-state index is 12.9. The van der Waals surface area contributed by atoms with E-state index >= 15 is 0 Å². The lowest BCUT2D eigenvalue weighted by Gasteiger charge is -2.46. The van der Waals surface area contributed by atoms with Crippen LogP contribution in [0.2, 0.25) is 0 Å². The first-order valence-electron chi connectivity index (χ1n) is 8.90. The Labute approximate surface area is 108 Å². The molecule has 1 rings (SSSR count). The van der Waals surface area contributed by atoms with Gasteiger partial charge in [0, 0.05) is 17.9 Å². The Balaban J connectivity index is 3.77. The smallest absolute Gasteiger partial charge is 0.238 e. The molecule has 0 bridgehead atoms. The summed E-state index contributed by atoms with van der Waals surface area (Å²) in [7, 11) is 0. The summed E-state index contributed by atoms with van der Waals surface area (Å²) >= 11 is 0. The number of rotatable bonds is 3. The molecule has 4 nitrogen and oxygen atoms in total. The van der Waals surface area contributed by atoms with Crippen LogP contribution in [0.3, 0.4) is 0 Å². The van der Waals surface area contributed by atoms with Crippen LogP contribution >= 0.6 is 0 Å². The Morgan fingerprint density at radius 2 is 2.00 bits per heavy atom. The van der Waals surface area contributed by atoms with Gasteiger partial charge >= 0.3 is 0 Å². The molecule has 0 aliphatic carbocycles. The zero-order chi connectivity index (χ0) is 19.8. The van der Waals surface area contributed by atoms with Gasteiger partial charge in [-0.2, -0.15) is 0 Å². The van der Waals surface area contributed by atoms with Crippen molar-refractivity contribution in [3.05, 3.63) is 41.1 Å². The SMILES string of the molecule is [2H]C([2H])([2H])C(N([O-])C(c1ccccc1)[13C](N)=O)(C([2H])([2H])[2H])C([2H])([2H])[2H]. The van der Waals surface area contributed by atoms with Crippen molar-refractivity contribution in [1.29, 1.82) is 0 Å². The van der Waals surface area contributed by atoms with E-state index in [1.165, 1.54) is 30.3 Å². The van der Waals surface area contributed by atoms with Crippen LogP contribution in [0.1, 0.15) is 44.5 Å². The molecule has 88 valence electrons. The number of hydrogen-bond acceptors (Lipinski definition) is 3. The molecule has 0 aliphatic heterocycles. The molecule has 0 saturated heterocycles. The molecule has 0 aromatic heterocycles. The predicted molar refractivity (Wildman–Crippen MR) is 63.3 cm³/mol. The van der Waals surface area contributed by atoms with Crippen LogP contribution in [0.15, 0.2) is 30.3 Å². The molecule has 2 N–H and O–H groups in total. The molecule has 0 saturated carbocycles. The van der Waals surface area contributed by atoms with Crippen LogP contribution in [0.4, 0.5) is 0 Å². The zero-order valence-corrected chi connectivity index (χ0v) is 8.31. The largest absolute Gasteiger partial charge is 0.784 e. The monoisotopic (exact) mass is 231 g/mol. The van der Waals surface area contributed by atoms with Crippen LogP contribution in [0, 0.1) is 5.21 Å². The average Bonchev–Trinajstić information content (AvgIpc) is 2.34. The van der Waals surface area contributed by atoms with E-state index < -0.39 is 43.1 Å². The van der Waals surface area contributed by atoms with Crippen LogP contribution < -0.4 is 5.73 Å². The van der Waals surface area contributed by atoms with E-state index in [9.17, 15) is 10.0 Å². The topological polar surface area (TPSA) is 69.4 Å². The highest BCUT2D eigenvalue weighted by atomic mass is 16.5. The number of hydrogen-bond donors (Lipinski definition) is 1. The summed E-state index contributed by atoms with van der Waals surface area (Å²) in [6, 6.07) is 4.71. The lowest BCUT2D eigenvalue weighted by molar-refractivity contribution is -0.124. The van der Waals surface area contributed by atoms with E-state index in [4.69, 9.17) is 18.1 Å². The van der Waals surface area contributed by atoms with Crippen LogP contribution in [0.5, 0.6) is 0 Å². The molecule has 1 atom stereocenters. The van der Waals surface area contributed by atoms with Gasteiger partial charge in [0.15, 0.2) is 0 Å². The van der Waals surface area contributed by atoms with E-state index in [0.29, 0.717) is 0 Å². The minimum Gasteiger partial charge on any atom is -0.784 e. The van der Waals surface area contributed by atoms with E-state index in [1.807, 2.05) is 0 Å². The van der Waals surface area contributed by atoms with Crippen molar-refractivity contribution in [3.63, 3.8) is 0 Å². The second-order valence-corrected chi connectivity index (χ2v) is 3.25. The van der Waals surface area contributed by atoms with E-state index in [-0.39, 0.29) is 5.56 Å². The normalized spacial score (nSPS) is 24.5. The molecule has 1 aromatic rings. The van der Waals surface area contributed by atoms with Gasteiger partial charge in [0.2, 0.25) is 5.91 Å². The summed E-state index contributed by atoms with van der Waals surface area (Å²) in [5.41, 5.74) is 1.20. The van der Waals surface area contributed by atoms with Crippen molar-refractivity contribution < 1.29 is 17.1 Å². The Morgan fingerprint density at radius 3 is 2.44 bits per heavy atom. The van der Waals surface area contributed by atoms with Crippen molar-refractivity contribution in [3.8, 4) is 0 Å². The first-order valence-corrected chi connectivity index (χ1v) is 4.40. The fourth-order valence-electron chi connectivity index (χ4n) is 1.24. The summed E-state index contributed by atoms with van der Waals surface area (Å²) < 4.78 is 67.5. The molecule has 0 aliphatic rings. The molecule has 4 heteroatoms. The molecular formula is C12H17N2O2-. The first-order chi connectivity index (χ1) is 11.1. The average molecular weight is 231 g/mol. The summed E-state index contributed by atoms with van der Waals surface area (Å²) in [5.74, 6) is -1.37. The maximum absolute atomic E-state index is 12.9. The summed E-state index contributed by atoms with van der Waals surface area (Å²) in [6.07, 6.45) is 0. The minimum absolute atomic E-state index is 0.118. The second-order valence-electron chi connectivity index (χ2n) is 3.25.